The molecule has 23 heavy (non-hydrogen) atoms. The number of hydrogen-bond donors (Lipinski definition) is 2. The molecule has 0 saturated carbocycles. The number of nitrogens with one attached hydrogen (secondary N) is 1. The molecule has 126 valence electrons. The van der Waals surface area contributed by atoms with Crippen LogP contribution in [0.3, 0.4) is 0 Å². The van der Waals surface area contributed by atoms with Crippen LogP contribution in [0.5, 0.6) is 0 Å². The Labute approximate surface area is 135 Å². The molecule has 1 aromatic rings. The molecule has 1 saturated heterocycles. The topological polar surface area (TPSA) is 105 Å². The highest BCUT2D eigenvalue weighted by Gasteiger charge is 2.33. The summed E-state index contributed by atoms with van der Waals surface area (Å²) in [5, 5.41) is 1.78. The molecular weight excluding hydrogens is 320 g/mol. The molecule has 0 atom stereocenters. The van der Waals surface area contributed by atoms with Crippen molar-refractivity contribution >= 4 is 27.3 Å². The van der Waals surface area contributed by atoms with E-state index in [4.69, 9.17) is 10.7 Å². The molecule has 0 unspecified atom stereocenters. The number of piperidine rings is 1. The van der Waals surface area contributed by atoms with E-state index < -0.39 is 10.0 Å². The lowest BCUT2D eigenvalue weighted by molar-refractivity contribution is -0.117. The first-order chi connectivity index (χ1) is 10.8. The van der Waals surface area contributed by atoms with Gasteiger partial charge in [-0.15, -0.1) is 0 Å². The lowest BCUT2D eigenvalue weighted by Gasteiger charge is -2.34. The number of rotatable bonds is 4. The van der Waals surface area contributed by atoms with Crippen LogP contribution in [0.25, 0.3) is 0 Å². The summed E-state index contributed by atoms with van der Waals surface area (Å²) in [6, 6.07) is 5.67. The lowest BCUT2D eigenvalue weighted by atomic mass is 10.0. The van der Waals surface area contributed by atoms with Crippen molar-refractivity contribution in [2.75, 3.05) is 29.9 Å². The summed E-state index contributed by atoms with van der Waals surface area (Å²) in [4.78, 5) is 16.5. The van der Waals surface area contributed by atoms with Crippen LogP contribution in [-0.4, -0.2) is 44.0 Å². The molecule has 0 radical (unpaired) electrons. The Bertz CT molecular complexity index is 713. The second-order valence-corrected chi connectivity index (χ2v) is 7.89. The van der Waals surface area contributed by atoms with Crippen LogP contribution in [0.2, 0.25) is 0 Å². The Morgan fingerprint density at radius 3 is 2.70 bits per heavy atom. The number of primary amides is 1. The first kappa shape index (κ1) is 16.0. The Morgan fingerprint density at radius 1 is 1.39 bits per heavy atom. The van der Waals surface area contributed by atoms with Crippen molar-refractivity contribution in [1.82, 2.24) is 4.31 Å². The number of carbonyl (C=O) groups is 1. The third-order valence-electron chi connectivity index (χ3n) is 4.15. The average molecular weight is 340 g/mol. The number of anilines is 2. The highest BCUT2D eigenvalue weighted by Crippen LogP contribution is 2.36. The zero-order chi connectivity index (χ0) is 16.6. The number of amides is 1. The van der Waals surface area contributed by atoms with Crippen LogP contribution in [-0.2, 0) is 26.2 Å². The van der Waals surface area contributed by atoms with E-state index in [1.165, 1.54) is 10.6 Å². The van der Waals surface area contributed by atoms with Gasteiger partial charge in [-0.25, -0.2) is 23.3 Å². The summed E-state index contributed by atoms with van der Waals surface area (Å²) in [6.45, 7) is 0.969. The lowest BCUT2D eigenvalue weighted by Crippen LogP contribution is -2.45. The van der Waals surface area contributed by atoms with Gasteiger partial charge in [0.1, 0.15) is 0 Å². The van der Waals surface area contributed by atoms with Crippen molar-refractivity contribution in [2.45, 2.75) is 25.3 Å². The van der Waals surface area contributed by atoms with Gasteiger partial charge in [0.25, 0.3) is 0 Å². The molecule has 0 aromatic heterocycles. The third-order valence-corrected chi connectivity index (χ3v) is 5.46. The summed E-state index contributed by atoms with van der Waals surface area (Å²) in [6.07, 6.45) is 2.80. The van der Waals surface area contributed by atoms with Crippen LogP contribution in [0, 0.1) is 0 Å². The van der Waals surface area contributed by atoms with E-state index in [1.54, 1.807) is 5.06 Å². The summed E-state index contributed by atoms with van der Waals surface area (Å²) < 4.78 is 24.6. The fourth-order valence-electron chi connectivity index (χ4n) is 3.00. The van der Waals surface area contributed by atoms with Gasteiger partial charge in [-0.3, -0.25) is 4.79 Å². The third kappa shape index (κ3) is 3.41. The summed E-state index contributed by atoms with van der Waals surface area (Å²) >= 11 is 0. The number of nitrogens with two attached hydrogens (primary N) is 1. The summed E-state index contributed by atoms with van der Waals surface area (Å²) in [7, 11) is -3.14. The molecule has 2 aliphatic rings. The van der Waals surface area contributed by atoms with Crippen LogP contribution in [0.15, 0.2) is 18.2 Å². The number of benzene rings is 1. The predicted molar refractivity (Wildman–Crippen MR) is 86.0 cm³/mol. The zero-order valence-corrected chi connectivity index (χ0v) is 13.7. The predicted octanol–water partition coefficient (Wildman–Crippen LogP) is 0.217. The van der Waals surface area contributed by atoms with E-state index in [2.05, 4.69) is 5.48 Å². The molecule has 1 aromatic carbocycles. The SMILES string of the molecule is CS(=O)(=O)N1CCC(N2ONc3cc(CC(N)=O)ccc32)CC1. The molecule has 2 aliphatic heterocycles. The minimum absolute atomic E-state index is 0.101. The average Bonchev–Trinajstić information content (AvgIpc) is 2.89. The molecule has 2 heterocycles. The minimum atomic E-state index is -3.14. The Kier molecular flexibility index (Phi) is 4.17. The van der Waals surface area contributed by atoms with Crippen LogP contribution in [0.1, 0.15) is 18.4 Å². The van der Waals surface area contributed by atoms with Crippen molar-refractivity contribution in [3.05, 3.63) is 23.8 Å². The number of hydroxylamine groups is 1. The molecular formula is C14H20N4O4S. The van der Waals surface area contributed by atoms with Gasteiger partial charge in [-0.05, 0) is 30.5 Å². The molecule has 1 fully saturated rings. The second kappa shape index (κ2) is 5.99. The highest BCUT2D eigenvalue weighted by molar-refractivity contribution is 7.88. The van der Waals surface area contributed by atoms with Gasteiger partial charge in [0.15, 0.2) is 0 Å². The molecule has 3 rings (SSSR count). The monoisotopic (exact) mass is 340 g/mol. The van der Waals surface area contributed by atoms with Gasteiger partial charge >= 0.3 is 0 Å². The fraction of sp³-hybridized carbons (Fsp3) is 0.500. The minimum Gasteiger partial charge on any atom is -0.369 e. The van der Waals surface area contributed by atoms with Gasteiger partial charge in [0.2, 0.25) is 15.9 Å². The normalized spacial score (nSPS) is 19.4. The molecule has 0 aliphatic carbocycles. The number of nitrogens with zero attached hydrogens (tertiary/aromatic N) is 2. The number of hydrogen-bond acceptors (Lipinski definition) is 6. The van der Waals surface area contributed by atoms with Crippen LogP contribution in [0.4, 0.5) is 11.4 Å². The van der Waals surface area contributed by atoms with E-state index >= 15 is 0 Å². The Balaban J connectivity index is 1.70. The standard InChI is InChI=1S/C14H20N4O4S/c1-23(20,21)17-6-4-11(5-7-17)18-13-3-2-10(9-14(15)19)8-12(13)16-22-18/h2-3,8,11,16H,4-7,9H2,1H3,(H2,15,19). The number of sulfonamides is 1. The van der Waals surface area contributed by atoms with Gasteiger partial charge < -0.3 is 5.73 Å². The smallest absolute Gasteiger partial charge is 0.221 e. The quantitative estimate of drug-likeness (QED) is 0.812. The maximum atomic E-state index is 11.6. The Hall–Kier alpha value is -1.84. The second-order valence-electron chi connectivity index (χ2n) is 5.91. The van der Waals surface area contributed by atoms with E-state index in [1.807, 2.05) is 18.2 Å². The summed E-state index contributed by atoms with van der Waals surface area (Å²) in [5.74, 6) is -0.381. The van der Waals surface area contributed by atoms with Gasteiger partial charge in [0, 0.05) is 13.1 Å². The maximum Gasteiger partial charge on any atom is 0.221 e. The van der Waals surface area contributed by atoms with Gasteiger partial charge in [-0.2, -0.15) is 4.94 Å². The van der Waals surface area contributed by atoms with Crippen molar-refractivity contribution in [3.63, 3.8) is 0 Å². The summed E-state index contributed by atoms with van der Waals surface area (Å²) in [5.41, 5.74) is 10.5. The molecule has 8 nitrogen and oxygen atoms in total. The van der Waals surface area contributed by atoms with Crippen LogP contribution < -0.4 is 16.3 Å². The zero-order valence-electron chi connectivity index (χ0n) is 12.9. The first-order valence-corrected chi connectivity index (χ1v) is 9.28. The van der Waals surface area contributed by atoms with Crippen molar-refractivity contribution in [3.8, 4) is 0 Å². The van der Waals surface area contributed by atoms with Crippen LogP contribution >= 0.6 is 0 Å². The van der Waals surface area contributed by atoms with E-state index in [-0.39, 0.29) is 18.4 Å². The molecule has 9 heteroatoms. The molecule has 3 N–H and O–H groups in total. The van der Waals surface area contributed by atoms with E-state index in [0.717, 1.165) is 16.9 Å². The van der Waals surface area contributed by atoms with E-state index in [9.17, 15) is 13.2 Å². The molecule has 0 spiro atoms. The van der Waals surface area contributed by atoms with Gasteiger partial charge in [0.05, 0.1) is 30.1 Å². The van der Waals surface area contributed by atoms with Crippen molar-refractivity contribution in [2.24, 2.45) is 5.73 Å². The maximum absolute atomic E-state index is 11.6. The Morgan fingerprint density at radius 2 is 2.09 bits per heavy atom. The fourth-order valence-corrected chi connectivity index (χ4v) is 3.87. The van der Waals surface area contributed by atoms with Crippen molar-refractivity contribution < 1.29 is 18.2 Å². The number of carbonyl (C=O) groups excluding carboxylic acids is 1. The molecule has 0 bridgehead atoms. The number of fused-ring (bicyclic) bond motifs is 1. The van der Waals surface area contributed by atoms with E-state index in [0.29, 0.717) is 25.9 Å². The highest BCUT2D eigenvalue weighted by atomic mass is 32.2. The largest absolute Gasteiger partial charge is 0.369 e. The van der Waals surface area contributed by atoms with Crippen molar-refractivity contribution in [1.29, 1.82) is 0 Å². The molecule has 1 amide bonds. The first-order valence-electron chi connectivity index (χ1n) is 7.43. The van der Waals surface area contributed by atoms with Gasteiger partial charge in [-0.1, -0.05) is 6.07 Å².